The van der Waals surface area contributed by atoms with Crippen LogP contribution in [0.2, 0.25) is 0 Å². The number of nitrogens with zero attached hydrogens (tertiary/aromatic N) is 3. The summed E-state index contributed by atoms with van der Waals surface area (Å²) in [6, 6.07) is 16.7. The van der Waals surface area contributed by atoms with Crippen molar-refractivity contribution in [1.82, 2.24) is 9.55 Å². The number of aryl methyl sites for hydroxylation is 1. The largest absolute Gasteiger partial charge is 0.497 e. The van der Waals surface area contributed by atoms with Crippen molar-refractivity contribution in [2.75, 3.05) is 12.5 Å². The minimum absolute atomic E-state index is 0.105. The zero-order valence-electron chi connectivity index (χ0n) is 20.3. The summed E-state index contributed by atoms with van der Waals surface area (Å²) in [5.74, 6) is 1.09. The van der Waals surface area contributed by atoms with Gasteiger partial charge >= 0.3 is 0 Å². The first kappa shape index (κ1) is 24.3. The molecule has 7 nitrogen and oxygen atoms in total. The van der Waals surface area contributed by atoms with Crippen LogP contribution in [0.5, 0.6) is 5.75 Å². The Morgan fingerprint density at radius 2 is 1.94 bits per heavy atom. The molecule has 0 spiro atoms. The van der Waals surface area contributed by atoms with E-state index in [1.165, 1.54) is 11.8 Å². The fourth-order valence-electron chi connectivity index (χ4n) is 4.29. The number of carbonyl (C=O) groups is 1. The summed E-state index contributed by atoms with van der Waals surface area (Å²) >= 11 is 2.69. The van der Waals surface area contributed by atoms with Gasteiger partial charge in [0.2, 0.25) is 0 Å². The lowest BCUT2D eigenvalue weighted by atomic mass is 9.89. The minimum Gasteiger partial charge on any atom is -0.497 e. The number of hydrazone groups is 1. The number of hydrogen-bond acceptors (Lipinski definition) is 8. The van der Waals surface area contributed by atoms with E-state index in [0.29, 0.717) is 27.8 Å². The first-order valence-electron chi connectivity index (χ1n) is 11.7. The van der Waals surface area contributed by atoms with Gasteiger partial charge in [0.05, 0.1) is 23.9 Å². The van der Waals surface area contributed by atoms with E-state index in [-0.39, 0.29) is 16.4 Å². The van der Waals surface area contributed by atoms with Crippen molar-refractivity contribution in [3.8, 4) is 11.4 Å². The van der Waals surface area contributed by atoms with Crippen LogP contribution >= 0.6 is 23.1 Å². The van der Waals surface area contributed by atoms with Crippen LogP contribution in [-0.2, 0) is 17.6 Å². The Bertz CT molecular complexity index is 1510. The molecule has 0 saturated carbocycles. The first-order valence-corrected chi connectivity index (χ1v) is 13.4. The number of para-hydroxylation sites is 1. The number of anilines is 1. The molecule has 2 aromatic heterocycles. The maximum absolute atomic E-state index is 13.9. The zero-order chi connectivity index (χ0) is 25.2. The third kappa shape index (κ3) is 4.81. The van der Waals surface area contributed by atoms with Gasteiger partial charge in [0, 0.05) is 11.8 Å². The lowest BCUT2D eigenvalue weighted by Crippen LogP contribution is -2.23. The predicted molar refractivity (Wildman–Crippen MR) is 147 cm³/mol. The van der Waals surface area contributed by atoms with Gasteiger partial charge in [0.1, 0.15) is 10.6 Å². The summed E-state index contributed by atoms with van der Waals surface area (Å²) < 4.78 is 6.79. The molecule has 1 aliphatic carbocycles. The topological polar surface area (TPSA) is 85.6 Å². The van der Waals surface area contributed by atoms with E-state index in [9.17, 15) is 9.59 Å². The summed E-state index contributed by atoms with van der Waals surface area (Å²) in [6.45, 7) is 3.70. The molecule has 0 bridgehead atoms. The van der Waals surface area contributed by atoms with E-state index in [1.54, 1.807) is 35.1 Å². The highest BCUT2D eigenvalue weighted by molar-refractivity contribution is 8.15. The van der Waals surface area contributed by atoms with Gasteiger partial charge in [0.25, 0.3) is 5.56 Å². The quantitative estimate of drug-likeness (QED) is 0.116. The summed E-state index contributed by atoms with van der Waals surface area (Å²) in [5.41, 5.74) is 5.37. The van der Waals surface area contributed by atoms with Gasteiger partial charge in [-0.25, -0.2) is 4.98 Å². The second-order valence-electron chi connectivity index (χ2n) is 8.82. The maximum atomic E-state index is 13.9. The van der Waals surface area contributed by atoms with Crippen molar-refractivity contribution in [2.24, 2.45) is 11.0 Å². The smallest absolute Gasteiger partial charge is 0.267 e. The third-order valence-electron chi connectivity index (χ3n) is 6.18. The Balaban J connectivity index is 1.59. The Hall–Kier alpha value is -3.43. The van der Waals surface area contributed by atoms with Gasteiger partial charge < -0.3 is 4.74 Å². The van der Waals surface area contributed by atoms with E-state index in [4.69, 9.17) is 9.72 Å². The van der Waals surface area contributed by atoms with Crippen molar-refractivity contribution in [2.45, 2.75) is 38.3 Å². The lowest BCUT2D eigenvalue weighted by Gasteiger charge is -2.17. The van der Waals surface area contributed by atoms with E-state index in [0.717, 1.165) is 47.2 Å². The third-order valence-corrected chi connectivity index (χ3v) is 8.36. The Kier molecular flexibility index (Phi) is 6.93. The molecule has 1 unspecified atom stereocenters. The monoisotopic (exact) mass is 518 g/mol. The number of benzene rings is 2. The Morgan fingerprint density at radius 1 is 1.19 bits per heavy atom. The second-order valence-corrected chi connectivity index (χ2v) is 10.9. The van der Waals surface area contributed by atoms with E-state index in [2.05, 4.69) is 17.5 Å². The number of carbonyl (C=O) groups excluding carboxylic acids is 1. The number of ketones is 1. The van der Waals surface area contributed by atoms with Gasteiger partial charge in [-0.15, -0.1) is 11.3 Å². The zero-order valence-corrected chi connectivity index (χ0v) is 21.9. The SMILES string of the molecule is COc1ccc(NN=C(Sc2nc3sc4c(c3c(=O)n2-c2ccccc2)CCC(C)C4)C(C)=O)cc1. The number of hydrogen-bond donors (Lipinski definition) is 1. The van der Waals surface area contributed by atoms with Gasteiger partial charge in [-0.2, -0.15) is 5.10 Å². The molecular formula is C27H26N4O3S2. The molecule has 0 radical (unpaired) electrons. The van der Waals surface area contributed by atoms with Crippen LogP contribution in [-0.4, -0.2) is 27.5 Å². The van der Waals surface area contributed by atoms with Crippen LogP contribution in [0, 0.1) is 5.92 Å². The Morgan fingerprint density at radius 3 is 2.64 bits per heavy atom. The highest BCUT2D eigenvalue weighted by Gasteiger charge is 2.26. The van der Waals surface area contributed by atoms with Crippen molar-refractivity contribution in [3.63, 3.8) is 0 Å². The molecule has 1 atom stereocenters. The number of thiophene rings is 1. The molecule has 0 amide bonds. The molecule has 0 fully saturated rings. The molecule has 2 aromatic carbocycles. The van der Waals surface area contributed by atoms with Crippen LogP contribution < -0.4 is 15.7 Å². The van der Waals surface area contributed by atoms with Crippen LogP contribution in [0.15, 0.2) is 69.6 Å². The summed E-state index contributed by atoms with van der Waals surface area (Å²) in [4.78, 5) is 33.3. The standard InChI is InChI=1S/C27H26N4O3S2/c1-16-9-14-21-22(15-16)35-25-23(21)26(33)31(19-7-5-4-6-8-19)27(28-25)36-24(17(2)32)30-29-18-10-12-20(34-3)13-11-18/h4-8,10-13,16,29H,9,14-15H2,1-3H3. The normalized spacial score (nSPS) is 15.5. The number of nitrogens with one attached hydrogen (secondary N) is 1. The summed E-state index contributed by atoms with van der Waals surface area (Å²) in [7, 11) is 1.60. The van der Waals surface area contributed by atoms with Crippen LogP contribution in [0.25, 0.3) is 15.9 Å². The Labute approximate surface area is 217 Å². The van der Waals surface area contributed by atoms with Crippen molar-refractivity contribution < 1.29 is 9.53 Å². The van der Waals surface area contributed by atoms with Crippen molar-refractivity contribution >= 4 is 49.8 Å². The molecule has 5 rings (SSSR count). The second kappa shape index (κ2) is 10.3. The van der Waals surface area contributed by atoms with Crippen molar-refractivity contribution in [3.05, 3.63) is 75.4 Å². The molecule has 1 N–H and O–H groups in total. The van der Waals surface area contributed by atoms with Crippen LogP contribution in [0.4, 0.5) is 5.69 Å². The van der Waals surface area contributed by atoms with Gasteiger partial charge in [-0.1, -0.05) is 25.1 Å². The fraction of sp³-hybridized carbons (Fsp3) is 0.259. The molecule has 0 aliphatic heterocycles. The van der Waals surface area contributed by atoms with Gasteiger partial charge in [0.15, 0.2) is 16.0 Å². The minimum atomic E-state index is -0.228. The fourth-order valence-corrected chi connectivity index (χ4v) is 6.54. The predicted octanol–water partition coefficient (Wildman–Crippen LogP) is 5.69. The molecule has 0 saturated heterocycles. The highest BCUT2D eigenvalue weighted by atomic mass is 32.2. The molecule has 1 aliphatic rings. The van der Waals surface area contributed by atoms with Gasteiger partial charge in [-0.3, -0.25) is 19.6 Å². The number of Topliss-reactive ketones (excluding diaryl/α,β-unsaturated/α-hetero) is 1. The van der Waals surface area contributed by atoms with E-state index >= 15 is 0 Å². The van der Waals surface area contributed by atoms with E-state index in [1.807, 2.05) is 42.5 Å². The molecule has 4 aromatic rings. The van der Waals surface area contributed by atoms with Crippen LogP contribution in [0.3, 0.4) is 0 Å². The molecular weight excluding hydrogens is 492 g/mol. The molecule has 9 heteroatoms. The number of aromatic nitrogens is 2. The van der Waals surface area contributed by atoms with Crippen molar-refractivity contribution in [1.29, 1.82) is 0 Å². The molecule has 184 valence electrons. The number of rotatable bonds is 6. The maximum Gasteiger partial charge on any atom is 0.267 e. The summed E-state index contributed by atoms with van der Waals surface area (Å²) in [5, 5.41) is 5.67. The van der Waals surface area contributed by atoms with E-state index < -0.39 is 0 Å². The average Bonchev–Trinajstić information content (AvgIpc) is 3.24. The summed E-state index contributed by atoms with van der Waals surface area (Å²) in [6.07, 6.45) is 2.93. The number of methoxy groups -OCH3 is 1. The van der Waals surface area contributed by atoms with Crippen LogP contribution in [0.1, 0.15) is 30.7 Å². The number of fused-ring (bicyclic) bond motifs is 3. The van der Waals surface area contributed by atoms with Gasteiger partial charge in [-0.05, 0) is 78.9 Å². The average molecular weight is 519 g/mol. The molecule has 2 heterocycles. The highest BCUT2D eigenvalue weighted by Crippen LogP contribution is 2.37. The first-order chi connectivity index (χ1) is 17.4. The lowest BCUT2D eigenvalue weighted by molar-refractivity contribution is -0.110. The number of thioether (sulfide) groups is 1. The molecule has 36 heavy (non-hydrogen) atoms. The number of ether oxygens (including phenoxy) is 1.